The third kappa shape index (κ3) is 10.7. The summed E-state index contributed by atoms with van der Waals surface area (Å²) in [7, 11) is 0. The Kier molecular flexibility index (Phi) is 13.2. The molecule has 7 heteroatoms. The summed E-state index contributed by atoms with van der Waals surface area (Å²) < 4.78 is 0. The normalized spacial score (nSPS) is 15.2. The molecular weight excluding hydrogens is 811 g/mol. The monoisotopic (exact) mass is 871 g/mol. The van der Waals surface area contributed by atoms with Crippen molar-refractivity contribution in [1.82, 2.24) is 4.98 Å². The first-order chi connectivity index (χ1) is 31.1. The van der Waals surface area contributed by atoms with Crippen molar-refractivity contribution in [1.29, 1.82) is 0 Å². The van der Waals surface area contributed by atoms with Gasteiger partial charge in [-0.15, -0.1) is 10.2 Å². The zero-order valence-electron chi connectivity index (χ0n) is 40.5. The topological polar surface area (TPSA) is 96.5 Å². The smallest absolute Gasteiger partial charge is 0.186 e. The van der Waals surface area contributed by atoms with Gasteiger partial charge in [-0.25, -0.2) is 4.98 Å². The van der Waals surface area contributed by atoms with Crippen LogP contribution in [0.1, 0.15) is 94.5 Å². The average molecular weight is 872 g/mol. The number of hydrogen-bond donors (Lipinski definition) is 0. The number of Topliss-reactive ketones (excluding diaryl/α,β-unsaturated/α-hetero) is 2. The molecule has 4 aromatic carbocycles. The van der Waals surface area contributed by atoms with Gasteiger partial charge in [0.25, 0.3) is 0 Å². The summed E-state index contributed by atoms with van der Waals surface area (Å²) in [6.07, 6.45) is 7.78. The van der Waals surface area contributed by atoms with Gasteiger partial charge in [-0.2, -0.15) is 10.2 Å². The van der Waals surface area contributed by atoms with Crippen LogP contribution in [-0.4, -0.2) is 16.6 Å². The highest BCUT2D eigenvalue weighted by atomic mass is 16.1. The fourth-order valence-corrected chi connectivity index (χ4v) is 7.89. The Hall–Kier alpha value is -6.99. The van der Waals surface area contributed by atoms with Crippen LogP contribution < -0.4 is 0 Å². The van der Waals surface area contributed by atoms with Crippen LogP contribution in [0.5, 0.6) is 0 Å². The molecule has 2 aliphatic rings. The number of pyridine rings is 1. The number of azo groups is 2. The minimum atomic E-state index is -0.457. The van der Waals surface area contributed by atoms with E-state index in [0.29, 0.717) is 56.4 Å². The lowest BCUT2D eigenvalue weighted by atomic mass is 9.71. The predicted octanol–water partition coefficient (Wildman–Crippen LogP) is 16.5. The fourth-order valence-electron chi connectivity index (χ4n) is 7.89. The Morgan fingerprint density at radius 3 is 0.939 bits per heavy atom. The van der Waals surface area contributed by atoms with Gasteiger partial charge in [-0.1, -0.05) is 174 Å². The van der Waals surface area contributed by atoms with E-state index in [0.717, 1.165) is 33.4 Å². The lowest BCUT2D eigenvalue weighted by Gasteiger charge is -2.31. The quantitative estimate of drug-likeness (QED) is 0.145. The second-order valence-electron chi connectivity index (χ2n) is 21.1. The molecule has 5 aromatic rings. The number of hydrogen-bond acceptors (Lipinski definition) is 7. The Labute approximate surface area is 391 Å². The number of allylic oxidation sites excluding steroid dienone is 10. The summed E-state index contributed by atoms with van der Waals surface area (Å²) in [5.74, 6) is 0.0411. The maximum absolute atomic E-state index is 14.2. The van der Waals surface area contributed by atoms with Gasteiger partial charge in [0.2, 0.25) is 0 Å². The van der Waals surface area contributed by atoms with Gasteiger partial charge in [0.15, 0.2) is 11.6 Å². The van der Waals surface area contributed by atoms with Crippen molar-refractivity contribution in [3.8, 4) is 22.3 Å². The molecule has 2 aliphatic carbocycles. The lowest BCUT2D eigenvalue weighted by molar-refractivity contribution is -0.114. The van der Waals surface area contributed by atoms with Crippen LogP contribution in [0.2, 0.25) is 0 Å². The van der Waals surface area contributed by atoms with E-state index in [9.17, 15) is 9.59 Å². The van der Waals surface area contributed by atoms with Crippen molar-refractivity contribution in [2.75, 3.05) is 0 Å². The molecule has 0 aliphatic heterocycles. The van der Waals surface area contributed by atoms with Gasteiger partial charge < -0.3 is 0 Å². The number of carbonyl (C=O) groups is 2. The minimum Gasteiger partial charge on any atom is -0.289 e. The van der Waals surface area contributed by atoms with Crippen LogP contribution in [0, 0.1) is 21.7 Å². The Morgan fingerprint density at radius 1 is 0.364 bits per heavy atom. The van der Waals surface area contributed by atoms with E-state index in [1.165, 1.54) is 0 Å². The SMILES string of the molecule is CC(C)(C)C1=CC(=C(/N=N/c2ccc(-c3ccccc3)cc2)c2cccc(C(/N=N/c3ccc(-c4ccccc4)cc3)=C3C=C(C(C)(C)C)C(=O)C(C(C)(C)C)=C3)n2)C=C(C(C)(C)C)C1=O. The summed E-state index contributed by atoms with van der Waals surface area (Å²) in [4.78, 5) is 33.7. The van der Waals surface area contributed by atoms with Crippen molar-refractivity contribution < 1.29 is 9.59 Å². The third-order valence-corrected chi connectivity index (χ3v) is 11.7. The van der Waals surface area contributed by atoms with Crippen LogP contribution in [0.3, 0.4) is 0 Å². The maximum Gasteiger partial charge on any atom is 0.186 e. The van der Waals surface area contributed by atoms with Crippen LogP contribution in [0.15, 0.2) is 206 Å². The molecule has 0 bridgehead atoms. The van der Waals surface area contributed by atoms with Gasteiger partial charge in [0.05, 0.1) is 22.8 Å². The number of rotatable bonds is 8. The highest BCUT2D eigenvalue weighted by Crippen LogP contribution is 2.43. The van der Waals surface area contributed by atoms with Gasteiger partial charge in [-0.05, 0) is 105 Å². The number of aromatic nitrogens is 1. The summed E-state index contributed by atoms with van der Waals surface area (Å²) in [5, 5.41) is 19.6. The zero-order valence-corrected chi connectivity index (χ0v) is 40.5. The van der Waals surface area contributed by atoms with Gasteiger partial charge >= 0.3 is 0 Å². The summed E-state index contributed by atoms with van der Waals surface area (Å²) >= 11 is 0. The van der Waals surface area contributed by atoms with Crippen molar-refractivity contribution >= 4 is 34.3 Å². The van der Waals surface area contributed by atoms with E-state index in [-0.39, 0.29) is 11.6 Å². The summed E-state index contributed by atoms with van der Waals surface area (Å²) in [5.41, 5.74) is 10.1. The van der Waals surface area contributed by atoms with Crippen LogP contribution >= 0.6 is 0 Å². The molecule has 0 saturated heterocycles. The van der Waals surface area contributed by atoms with E-state index in [1.807, 2.05) is 127 Å². The Balaban J connectivity index is 1.45. The van der Waals surface area contributed by atoms with E-state index in [1.54, 1.807) is 0 Å². The molecule has 7 nitrogen and oxygen atoms in total. The molecule has 0 spiro atoms. The summed E-state index contributed by atoms with van der Waals surface area (Å²) in [6, 6.07) is 42.1. The molecule has 7 rings (SSSR count). The first kappa shape index (κ1) is 47.0. The molecule has 1 heterocycles. The maximum atomic E-state index is 14.2. The molecule has 1 aromatic heterocycles. The second-order valence-corrected chi connectivity index (χ2v) is 21.1. The van der Waals surface area contributed by atoms with Crippen molar-refractivity contribution in [3.05, 3.63) is 197 Å². The van der Waals surface area contributed by atoms with Crippen molar-refractivity contribution in [3.63, 3.8) is 0 Å². The zero-order chi connectivity index (χ0) is 47.6. The predicted molar refractivity (Wildman–Crippen MR) is 271 cm³/mol. The highest BCUT2D eigenvalue weighted by Gasteiger charge is 2.36. The molecule has 334 valence electrons. The van der Waals surface area contributed by atoms with Crippen LogP contribution in [0.25, 0.3) is 33.6 Å². The Bertz CT molecular complexity index is 2640. The lowest BCUT2D eigenvalue weighted by Crippen LogP contribution is -2.28. The largest absolute Gasteiger partial charge is 0.289 e. The van der Waals surface area contributed by atoms with Gasteiger partial charge in [-0.3, -0.25) is 9.59 Å². The van der Waals surface area contributed by atoms with Gasteiger partial charge in [0.1, 0.15) is 11.4 Å². The van der Waals surface area contributed by atoms with E-state index >= 15 is 0 Å². The fraction of sp³-hybridized carbons (Fsp3) is 0.271. The molecule has 0 unspecified atom stereocenters. The van der Waals surface area contributed by atoms with Crippen LogP contribution in [0.4, 0.5) is 11.4 Å². The van der Waals surface area contributed by atoms with E-state index in [2.05, 4.69) is 107 Å². The number of benzene rings is 4. The summed E-state index contributed by atoms with van der Waals surface area (Å²) in [6.45, 7) is 24.7. The number of ketones is 2. The molecule has 0 fully saturated rings. The molecule has 0 atom stereocenters. The van der Waals surface area contributed by atoms with Crippen LogP contribution in [-0.2, 0) is 9.59 Å². The van der Waals surface area contributed by atoms with E-state index in [4.69, 9.17) is 25.4 Å². The molecular formula is C59H61N5O2. The molecule has 0 amide bonds. The first-order valence-electron chi connectivity index (χ1n) is 22.7. The number of nitrogens with zero attached hydrogens (tertiary/aromatic N) is 5. The Morgan fingerprint density at radius 2 is 0.652 bits per heavy atom. The van der Waals surface area contributed by atoms with Crippen molar-refractivity contribution in [2.24, 2.45) is 42.1 Å². The molecule has 66 heavy (non-hydrogen) atoms. The molecule has 0 N–H and O–H groups in total. The minimum absolute atomic E-state index is 0.0206. The average Bonchev–Trinajstić information content (AvgIpc) is 3.27. The van der Waals surface area contributed by atoms with E-state index < -0.39 is 21.7 Å². The molecule has 0 radical (unpaired) electrons. The standard InChI is InChI=1S/C59H61N5O2/c1-56(2,3)46-34-42(35-47(54(46)65)57(4,5)6)52(63-61-44-30-26-40(27-31-44)38-20-15-13-16-21-38)50-24-19-25-51(60-50)53(43-36-48(58(7,8)9)55(66)49(37-43)59(10,11)12)64-62-45-32-28-41(29-33-45)39-22-17-14-18-23-39/h13-37H,1-12H3/b63-61+,64-62+. The van der Waals surface area contributed by atoms with Crippen molar-refractivity contribution in [2.45, 2.75) is 83.1 Å². The number of carbonyl (C=O) groups excluding carboxylic acids is 2. The third-order valence-electron chi connectivity index (χ3n) is 11.7. The second kappa shape index (κ2) is 18.5. The van der Waals surface area contributed by atoms with Gasteiger partial charge in [0, 0.05) is 33.4 Å². The highest BCUT2D eigenvalue weighted by molar-refractivity contribution is 6.13. The molecule has 0 saturated carbocycles. The first-order valence-corrected chi connectivity index (χ1v) is 22.7.